The fraction of sp³-hybridized carbons (Fsp3) is 0.471. The van der Waals surface area contributed by atoms with Gasteiger partial charge in [0.25, 0.3) is 0 Å². The van der Waals surface area contributed by atoms with Crippen molar-refractivity contribution in [2.45, 2.75) is 33.6 Å². The Labute approximate surface area is 125 Å². The molecule has 0 atom stereocenters. The third-order valence-electron chi connectivity index (χ3n) is 5.42. The summed E-state index contributed by atoms with van der Waals surface area (Å²) in [6.07, 6.45) is 0. The van der Waals surface area contributed by atoms with Gasteiger partial charge in [-0.2, -0.15) is 0 Å². The summed E-state index contributed by atoms with van der Waals surface area (Å²) in [5, 5.41) is 4.27. The number of hydrogen-bond donors (Lipinski definition) is 1. The maximum absolute atomic E-state index is 6.05. The second-order valence-corrected chi connectivity index (χ2v) is 6.88. The number of aromatic nitrogens is 1. The zero-order valence-electron chi connectivity index (χ0n) is 13.2. The molecule has 112 valence electrons. The molecule has 2 aromatic rings. The van der Waals surface area contributed by atoms with E-state index in [1.165, 1.54) is 0 Å². The molecule has 21 heavy (non-hydrogen) atoms. The molecule has 0 saturated heterocycles. The zero-order chi connectivity index (χ0) is 15.4. The van der Waals surface area contributed by atoms with Crippen LogP contribution in [0.2, 0.25) is 0 Å². The van der Waals surface area contributed by atoms with Crippen LogP contribution in [-0.2, 0) is 0 Å². The van der Waals surface area contributed by atoms with Crippen LogP contribution < -0.4 is 10.5 Å². The molecule has 1 heterocycles. The average Bonchev–Trinajstić information content (AvgIpc) is 2.72. The van der Waals surface area contributed by atoms with E-state index in [9.17, 15) is 0 Å². The van der Waals surface area contributed by atoms with Gasteiger partial charge in [-0.3, -0.25) is 0 Å². The molecule has 3 rings (SSSR count). The Morgan fingerprint density at radius 1 is 1.14 bits per heavy atom. The highest BCUT2D eigenvalue weighted by Crippen LogP contribution is 2.74. The molecule has 1 aliphatic rings. The van der Waals surface area contributed by atoms with E-state index in [2.05, 4.69) is 32.9 Å². The van der Waals surface area contributed by atoms with Crippen molar-refractivity contribution in [1.29, 1.82) is 0 Å². The van der Waals surface area contributed by atoms with E-state index in [4.69, 9.17) is 15.0 Å². The summed E-state index contributed by atoms with van der Waals surface area (Å²) in [6.45, 7) is 9.03. The van der Waals surface area contributed by atoms with Crippen LogP contribution in [0.3, 0.4) is 0 Å². The molecule has 2 N–H and O–H groups in total. The molecule has 1 fully saturated rings. The molecule has 4 heteroatoms. The fourth-order valence-electron chi connectivity index (χ4n) is 3.51. The fourth-order valence-corrected chi connectivity index (χ4v) is 3.51. The van der Waals surface area contributed by atoms with Gasteiger partial charge in [0.2, 0.25) is 5.88 Å². The molecule has 0 aliphatic heterocycles. The Morgan fingerprint density at radius 3 is 2.33 bits per heavy atom. The van der Waals surface area contributed by atoms with Crippen molar-refractivity contribution >= 4 is 5.88 Å². The van der Waals surface area contributed by atoms with E-state index in [-0.39, 0.29) is 10.8 Å². The highest BCUT2D eigenvalue weighted by atomic mass is 16.5. The third-order valence-corrected chi connectivity index (χ3v) is 5.42. The first-order chi connectivity index (χ1) is 9.82. The van der Waals surface area contributed by atoms with E-state index in [1.54, 1.807) is 7.11 Å². The lowest BCUT2D eigenvalue weighted by Gasteiger charge is -2.09. The second kappa shape index (κ2) is 4.26. The average molecular weight is 286 g/mol. The number of nitrogen functional groups attached to an aromatic ring is 1. The monoisotopic (exact) mass is 286 g/mol. The summed E-state index contributed by atoms with van der Waals surface area (Å²) in [5.74, 6) is 1.46. The van der Waals surface area contributed by atoms with Gasteiger partial charge < -0.3 is 15.0 Å². The lowest BCUT2D eigenvalue weighted by molar-refractivity contribution is 0.416. The maximum atomic E-state index is 6.05. The molecule has 1 aromatic heterocycles. The summed E-state index contributed by atoms with van der Waals surface area (Å²) >= 11 is 0. The minimum atomic E-state index is 0.174. The van der Waals surface area contributed by atoms with Crippen LogP contribution in [0.4, 0.5) is 5.88 Å². The van der Waals surface area contributed by atoms with Crippen LogP contribution >= 0.6 is 0 Å². The van der Waals surface area contributed by atoms with Crippen LogP contribution in [0.5, 0.6) is 5.75 Å². The molecule has 0 radical (unpaired) electrons. The van der Waals surface area contributed by atoms with Gasteiger partial charge in [-0.25, -0.2) is 0 Å². The number of para-hydroxylation sites is 1. The highest BCUT2D eigenvalue weighted by molar-refractivity contribution is 5.80. The van der Waals surface area contributed by atoms with E-state index < -0.39 is 0 Å². The van der Waals surface area contributed by atoms with Crippen molar-refractivity contribution in [2.75, 3.05) is 12.8 Å². The lowest BCUT2D eigenvalue weighted by Crippen LogP contribution is -1.96. The number of benzene rings is 1. The van der Waals surface area contributed by atoms with Crippen LogP contribution in [0.15, 0.2) is 28.8 Å². The first kappa shape index (κ1) is 14.0. The van der Waals surface area contributed by atoms with Crippen molar-refractivity contribution < 1.29 is 9.26 Å². The summed E-state index contributed by atoms with van der Waals surface area (Å²) in [6, 6.07) is 7.83. The number of methoxy groups -OCH3 is 1. The van der Waals surface area contributed by atoms with E-state index in [0.29, 0.717) is 11.8 Å². The van der Waals surface area contributed by atoms with Gasteiger partial charge in [0, 0.05) is 11.5 Å². The second-order valence-electron chi connectivity index (χ2n) is 6.88. The van der Waals surface area contributed by atoms with Gasteiger partial charge in [0.05, 0.1) is 18.4 Å². The lowest BCUT2D eigenvalue weighted by atomic mass is 9.99. The number of hydrogen-bond acceptors (Lipinski definition) is 4. The van der Waals surface area contributed by atoms with E-state index in [0.717, 1.165) is 22.6 Å². The van der Waals surface area contributed by atoms with Crippen molar-refractivity contribution in [1.82, 2.24) is 5.16 Å². The van der Waals surface area contributed by atoms with Gasteiger partial charge in [-0.05, 0) is 16.9 Å². The predicted molar refractivity (Wildman–Crippen MR) is 83.2 cm³/mol. The minimum Gasteiger partial charge on any atom is -0.496 e. The van der Waals surface area contributed by atoms with E-state index >= 15 is 0 Å². The molecule has 1 aromatic carbocycles. The number of rotatable bonds is 3. The first-order valence-corrected chi connectivity index (χ1v) is 7.20. The van der Waals surface area contributed by atoms with E-state index in [1.807, 2.05) is 24.3 Å². The van der Waals surface area contributed by atoms with Crippen molar-refractivity contribution in [3.63, 3.8) is 0 Å². The predicted octanol–water partition coefficient (Wildman–Crippen LogP) is 4.08. The van der Waals surface area contributed by atoms with Crippen molar-refractivity contribution in [3.05, 3.63) is 30.0 Å². The van der Waals surface area contributed by atoms with Gasteiger partial charge >= 0.3 is 0 Å². The Bertz CT molecular complexity index is 672. The molecule has 1 aliphatic carbocycles. The van der Waals surface area contributed by atoms with Gasteiger partial charge in [0.1, 0.15) is 5.75 Å². The molecule has 0 bridgehead atoms. The van der Waals surface area contributed by atoms with Gasteiger partial charge in [-0.15, -0.1) is 0 Å². The van der Waals surface area contributed by atoms with Crippen LogP contribution in [0, 0.1) is 10.8 Å². The molecule has 0 amide bonds. The number of nitrogens with zero attached hydrogens (tertiary/aromatic N) is 1. The van der Waals surface area contributed by atoms with Gasteiger partial charge in [-0.1, -0.05) is 51.1 Å². The normalized spacial score (nSPS) is 19.5. The minimum absolute atomic E-state index is 0.174. The number of ether oxygens (including phenoxy) is 1. The van der Waals surface area contributed by atoms with Crippen LogP contribution in [-0.4, -0.2) is 12.3 Å². The molecule has 0 spiro atoms. The smallest absolute Gasteiger partial charge is 0.230 e. The zero-order valence-corrected chi connectivity index (χ0v) is 13.2. The Balaban J connectivity index is 2.16. The van der Waals surface area contributed by atoms with Crippen LogP contribution in [0.25, 0.3) is 11.1 Å². The molecule has 1 saturated carbocycles. The maximum Gasteiger partial charge on any atom is 0.230 e. The standard InChI is InChI=1S/C17H22N2O2/c1-16(2)14(17(16,3)4)13-12(15(18)21-19-13)10-8-6-7-9-11(10)20-5/h6-9,14H,18H2,1-5H3. The quantitative estimate of drug-likeness (QED) is 0.923. The Hall–Kier alpha value is -1.97. The van der Waals surface area contributed by atoms with Crippen molar-refractivity contribution in [3.8, 4) is 16.9 Å². The Morgan fingerprint density at radius 2 is 1.76 bits per heavy atom. The highest BCUT2D eigenvalue weighted by Gasteiger charge is 2.67. The first-order valence-electron chi connectivity index (χ1n) is 7.20. The molecular weight excluding hydrogens is 264 g/mol. The SMILES string of the molecule is COc1ccccc1-c1c(C2C(C)(C)C2(C)C)noc1N. The summed E-state index contributed by atoms with van der Waals surface area (Å²) in [4.78, 5) is 0. The third kappa shape index (κ3) is 1.78. The Kier molecular flexibility index (Phi) is 2.84. The summed E-state index contributed by atoms with van der Waals surface area (Å²) < 4.78 is 10.8. The summed E-state index contributed by atoms with van der Waals surface area (Å²) in [5.41, 5.74) is 9.15. The van der Waals surface area contributed by atoms with Crippen molar-refractivity contribution in [2.24, 2.45) is 10.8 Å². The molecular formula is C17H22N2O2. The molecule has 0 unspecified atom stereocenters. The number of nitrogens with two attached hydrogens (primary N) is 1. The van der Waals surface area contributed by atoms with Crippen LogP contribution in [0.1, 0.15) is 39.3 Å². The molecule has 4 nitrogen and oxygen atoms in total. The van der Waals surface area contributed by atoms with Gasteiger partial charge in [0.15, 0.2) is 0 Å². The topological polar surface area (TPSA) is 61.3 Å². The number of anilines is 1. The largest absolute Gasteiger partial charge is 0.496 e. The summed E-state index contributed by atoms with van der Waals surface area (Å²) in [7, 11) is 1.66.